The highest BCUT2D eigenvalue weighted by atomic mass is 32.2. The van der Waals surface area contributed by atoms with Gasteiger partial charge in [-0.1, -0.05) is 19.9 Å². The van der Waals surface area contributed by atoms with Crippen molar-refractivity contribution >= 4 is 29.5 Å². The van der Waals surface area contributed by atoms with E-state index in [4.69, 9.17) is 9.47 Å². The number of thioether (sulfide) groups is 1. The summed E-state index contributed by atoms with van der Waals surface area (Å²) in [5.74, 6) is -1.41. The Kier molecular flexibility index (Phi) is 6.78. The molecule has 0 saturated carbocycles. The second-order valence-electron chi connectivity index (χ2n) is 9.18. The second-order valence-corrected chi connectivity index (χ2v) is 10.7. The van der Waals surface area contributed by atoms with Gasteiger partial charge in [0.25, 0.3) is 0 Å². The van der Waals surface area contributed by atoms with Crippen LogP contribution in [0, 0.1) is 11.8 Å². The summed E-state index contributed by atoms with van der Waals surface area (Å²) in [4.78, 5) is 44.7. The third-order valence-electron chi connectivity index (χ3n) is 7.64. The first-order chi connectivity index (χ1) is 15.8. The number of esters is 1. The number of hydrogen-bond acceptors (Lipinski definition) is 7. The van der Waals surface area contributed by atoms with Crippen LogP contribution in [0.3, 0.4) is 0 Å². The Labute approximate surface area is 200 Å². The Morgan fingerprint density at radius 3 is 2.61 bits per heavy atom. The van der Waals surface area contributed by atoms with Crippen LogP contribution >= 0.6 is 11.8 Å². The van der Waals surface area contributed by atoms with Gasteiger partial charge in [0.2, 0.25) is 11.8 Å². The molecule has 3 heterocycles. The van der Waals surface area contributed by atoms with E-state index in [1.54, 1.807) is 25.8 Å². The van der Waals surface area contributed by atoms with E-state index in [0.717, 1.165) is 35.5 Å². The van der Waals surface area contributed by atoms with Crippen molar-refractivity contribution in [3.05, 3.63) is 23.8 Å². The van der Waals surface area contributed by atoms with Gasteiger partial charge < -0.3 is 9.47 Å². The van der Waals surface area contributed by atoms with E-state index >= 15 is 0 Å². The minimum absolute atomic E-state index is 0.188. The van der Waals surface area contributed by atoms with E-state index in [1.165, 1.54) is 12.0 Å². The summed E-state index contributed by atoms with van der Waals surface area (Å²) < 4.78 is 11.0. The maximum Gasteiger partial charge on any atom is 0.327 e. The summed E-state index contributed by atoms with van der Waals surface area (Å²) >= 11 is 1.76. The standard InChI is InChI=1S/C25H34N2O5S/c1-6-15(3)33-18-11-10-16(14-17(18)31-4)21-19-20(23(29)26(7-2)22(19)28)25(24(30)32-5)12-8-9-13-27(21)25/h10-11,14-15,19-21H,6-9,12-13H2,1-5H3/t15?,19-,20-,21-,25+/m1/s1. The highest BCUT2D eigenvalue weighted by Crippen LogP contribution is 2.58. The molecule has 3 aliphatic heterocycles. The lowest BCUT2D eigenvalue weighted by Gasteiger charge is -2.44. The van der Waals surface area contributed by atoms with Crippen LogP contribution in [-0.4, -0.2) is 65.7 Å². The minimum Gasteiger partial charge on any atom is -0.496 e. The first-order valence-electron chi connectivity index (χ1n) is 11.9. The molecular formula is C25H34N2O5S. The van der Waals surface area contributed by atoms with Crippen molar-refractivity contribution in [3.8, 4) is 5.75 Å². The van der Waals surface area contributed by atoms with Gasteiger partial charge in [-0.05, 0) is 56.8 Å². The van der Waals surface area contributed by atoms with Crippen molar-refractivity contribution in [1.29, 1.82) is 0 Å². The van der Waals surface area contributed by atoms with Gasteiger partial charge in [0.05, 0.1) is 26.1 Å². The average molecular weight is 475 g/mol. The Bertz CT molecular complexity index is 953. The number of piperidine rings is 1. The molecule has 0 radical (unpaired) electrons. The summed E-state index contributed by atoms with van der Waals surface area (Å²) in [6.45, 7) is 7.09. The van der Waals surface area contributed by atoms with Gasteiger partial charge in [-0.15, -0.1) is 11.8 Å². The molecule has 33 heavy (non-hydrogen) atoms. The lowest BCUT2D eigenvalue weighted by Crippen LogP contribution is -2.59. The van der Waals surface area contributed by atoms with Crippen LogP contribution in [-0.2, 0) is 19.1 Å². The third-order valence-corrected chi connectivity index (χ3v) is 8.97. The molecule has 1 unspecified atom stereocenters. The quantitative estimate of drug-likeness (QED) is 0.339. The van der Waals surface area contributed by atoms with Crippen molar-refractivity contribution < 1.29 is 23.9 Å². The highest BCUT2D eigenvalue weighted by molar-refractivity contribution is 8.00. The lowest BCUT2D eigenvalue weighted by atomic mass is 9.75. The summed E-state index contributed by atoms with van der Waals surface area (Å²) in [6, 6.07) is 5.68. The number of methoxy groups -OCH3 is 2. The molecule has 8 heteroatoms. The zero-order valence-corrected chi connectivity index (χ0v) is 20.9. The number of carbonyl (C=O) groups is 3. The molecular weight excluding hydrogens is 440 g/mol. The predicted molar refractivity (Wildman–Crippen MR) is 126 cm³/mol. The number of imide groups is 1. The van der Waals surface area contributed by atoms with Gasteiger partial charge in [0, 0.05) is 22.7 Å². The minimum atomic E-state index is -1.10. The van der Waals surface area contributed by atoms with Gasteiger partial charge in [0.1, 0.15) is 11.3 Å². The van der Waals surface area contributed by atoms with Crippen molar-refractivity contribution in [1.82, 2.24) is 9.80 Å². The number of carbonyl (C=O) groups excluding carboxylic acids is 3. The van der Waals surface area contributed by atoms with E-state index in [9.17, 15) is 14.4 Å². The number of amides is 2. The van der Waals surface area contributed by atoms with Crippen molar-refractivity contribution in [2.24, 2.45) is 11.8 Å². The molecule has 1 aromatic rings. The van der Waals surface area contributed by atoms with Crippen molar-refractivity contribution in [2.75, 3.05) is 27.3 Å². The summed E-state index contributed by atoms with van der Waals surface area (Å²) in [6.07, 6.45) is 3.30. The van der Waals surface area contributed by atoms with E-state index in [1.807, 2.05) is 18.2 Å². The largest absolute Gasteiger partial charge is 0.496 e. The second kappa shape index (κ2) is 9.29. The molecule has 3 fully saturated rings. The van der Waals surface area contributed by atoms with E-state index in [2.05, 4.69) is 18.7 Å². The van der Waals surface area contributed by atoms with Crippen LogP contribution in [0.5, 0.6) is 5.75 Å². The average Bonchev–Trinajstić information content (AvgIpc) is 3.28. The van der Waals surface area contributed by atoms with Gasteiger partial charge >= 0.3 is 5.97 Å². The van der Waals surface area contributed by atoms with Crippen LogP contribution in [0.25, 0.3) is 0 Å². The number of hydrogen-bond donors (Lipinski definition) is 0. The molecule has 3 aliphatic rings. The van der Waals surface area contributed by atoms with Gasteiger partial charge in [-0.25, -0.2) is 0 Å². The van der Waals surface area contributed by atoms with Crippen LogP contribution in [0.4, 0.5) is 0 Å². The lowest BCUT2D eigenvalue weighted by molar-refractivity contribution is -0.164. The molecule has 0 aromatic heterocycles. The molecule has 1 aromatic carbocycles. The smallest absolute Gasteiger partial charge is 0.327 e. The number of likely N-dealkylation sites (tertiary alicyclic amines) is 1. The maximum absolute atomic E-state index is 13.5. The molecule has 0 N–H and O–H groups in total. The Morgan fingerprint density at radius 2 is 1.97 bits per heavy atom. The highest BCUT2D eigenvalue weighted by Gasteiger charge is 2.72. The van der Waals surface area contributed by atoms with E-state index in [0.29, 0.717) is 24.8 Å². The van der Waals surface area contributed by atoms with Gasteiger partial charge in [-0.3, -0.25) is 24.2 Å². The van der Waals surface area contributed by atoms with Gasteiger partial charge in [-0.2, -0.15) is 0 Å². The first kappa shape index (κ1) is 24.1. The first-order valence-corrected chi connectivity index (χ1v) is 12.8. The zero-order valence-electron chi connectivity index (χ0n) is 20.1. The van der Waals surface area contributed by atoms with Crippen LogP contribution in [0.2, 0.25) is 0 Å². The molecule has 2 amide bonds. The fourth-order valence-electron chi connectivity index (χ4n) is 5.99. The number of fused-ring (bicyclic) bond motifs is 3. The molecule has 0 spiro atoms. The van der Waals surface area contributed by atoms with Crippen LogP contribution in [0.1, 0.15) is 58.1 Å². The fraction of sp³-hybridized carbons (Fsp3) is 0.640. The molecule has 0 bridgehead atoms. The maximum atomic E-state index is 13.5. The molecule has 5 atom stereocenters. The van der Waals surface area contributed by atoms with Crippen LogP contribution in [0.15, 0.2) is 23.1 Å². The summed E-state index contributed by atoms with van der Waals surface area (Å²) in [5, 5.41) is 0.446. The molecule has 0 aliphatic carbocycles. The Balaban J connectivity index is 1.85. The predicted octanol–water partition coefficient (Wildman–Crippen LogP) is 3.66. The van der Waals surface area contributed by atoms with E-state index in [-0.39, 0.29) is 17.9 Å². The number of rotatable bonds is 7. The van der Waals surface area contributed by atoms with Crippen molar-refractivity contribution in [2.45, 2.75) is 68.2 Å². The zero-order chi connectivity index (χ0) is 23.9. The normalized spacial score (nSPS) is 30.2. The topological polar surface area (TPSA) is 76.2 Å². The number of ether oxygens (including phenoxy) is 2. The molecule has 180 valence electrons. The molecule has 7 nitrogen and oxygen atoms in total. The van der Waals surface area contributed by atoms with Crippen molar-refractivity contribution in [3.63, 3.8) is 0 Å². The fourth-order valence-corrected chi connectivity index (χ4v) is 7.00. The third kappa shape index (κ3) is 3.57. The monoisotopic (exact) mass is 474 g/mol. The molecule has 4 rings (SSSR count). The van der Waals surface area contributed by atoms with E-state index < -0.39 is 23.3 Å². The number of nitrogens with zero attached hydrogens (tertiary/aromatic N) is 2. The summed E-state index contributed by atoms with van der Waals surface area (Å²) in [5.41, 5.74) is -0.196. The van der Waals surface area contributed by atoms with Gasteiger partial charge in [0.15, 0.2) is 0 Å². The van der Waals surface area contributed by atoms with Crippen LogP contribution < -0.4 is 4.74 Å². The Hall–Kier alpha value is -2.06. The molecule has 3 saturated heterocycles. The number of benzene rings is 1. The summed E-state index contributed by atoms with van der Waals surface area (Å²) in [7, 11) is 3.02. The SMILES string of the molecule is CCC(C)Sc1ccc([C@@H]2[C@@H]3C(=O)N(CC)C(=O)[C@@H]3[C@]3(C(=O)OC)CCCCN23)cc1OC. The Morgan fingerprint density at radius 1 is 1.21 bits per heavy atom.